The zero-order valence-electron chi connectivity index (χ0n) is 14.6. The summed E-state index contributed by atoms with van der Waals surface area (Å²) in [5.74, 6) is 2.01. The Morgan fingerprint density at radius 3 is 2.44 bits per heavy atom. The molecular weight excluding hydrogens is 334 g/mol. The number of pyridine rings is 1. The van der Waals surface area contributed by atoms with Gasteiger partial charge in [-0.3, -0.25) is 4.79 Å². The van der Waals surface area contributed by atoms with E-state index in [4.69, 9.17) is 4.74 Å². The van der Waals surface area contributed by atoms with Gasteiger partial charge in [-0.2, -0.15) is 0 Å². The molecule has 2 aromatic rings. The van der Waals surface area contributed by atoms with E-state index in [0.29, 0.717) is 0 Å². The summed E-state index contributed by atoms with van der Waals surface area (Å²) in [6, 6.07) is 13.8. The van der Waals surface area contributed by atoms with Crippen molar-refractivity contribution in [3.05, 3.63) is 48.7 Å². The lowest BCUT2D eigenvalue weighted by Gasteiger charge is -2.36. The van der Waals surface area contributed by atoms with E-state index in [1.165, 1.54) is 0 Å². The highest BCUT2D eigenvalue weighted by atomic mass is 32.2. The second-order valence-electron chi connectivity index (χ2n) is 5.94. The summed E-state index contributed by atoms with van der Waals surface area (Å²) >= 11 is 1.59. The van der Waals surface area contributed by atoms with Crippen molar-refractivity contribution >= 4 is 23.5 Å². The molecule has 1 saturated heterocycles. The van der Waals surface area contributed by atoms with E-state index in [0.717, 1.165) is 42.6 Å². The molecule has 5 nitrogen and oxygen atoms in total. The number of methoxy groups -OCH3 is 1. The van der Waals surface area contributed by atoms with E-state index in [9.17, 15) is 4.79 Å². The number of benzene rings is 1. The first-order valence-electron chi connectivity index (χ1n) is 8.43. The van der Waals surface area contributed by atoms with Gasteiger partial charge in [-0.1, -0.05) is 6.07 Å². The number of carbonyl (C=O) groups is 1. The SMILES string of the molecule is COc1ccc(SC(C)C(=O)N2CCN(c3ccccn3)CC2)cc1. The van der Waals surface area contributed by atoms with Gasteiger partial charge in [-0.05, 0) is 43.3 Å². The van der Waals surface area contributed by atoms with Gasteiger partial charge >= 0.3 is 0 Å². The second-order valence-corrected chi connectivity index (χ2v) is 7.35. The molecule has 2 heterocycles. The van der Waals surface area contributed by atoms with Gasteiger partial charge in [-0.15, -0.1) is 11.8 Å². The van der Waals surface area contributed by atoms with Crippen LogP contribution in [0.3, 0.4) is 0 Å². The Morgan fingerprint density at radius 1 is 1.12 bits per heavy atom. The molecule has 0 bridgehead atoms. The van der Waals surface area contributed by atoms with Crippen LogP contribution in [0.2, 0.25) is 0 Å². The Kier molecular flexibility index (Phi) is 5.81. The molecule has 0 spiro atoms. The van der Waals surface area contributed by atoms with Crippen molar-refractivity contribution in [3.63, 3.8) is 0 Å². The molecule has 1 aliphatic heterocycles. The minimum atomic E-state index is -0.102. The van der Waals surface area contributed by atoms with Crippen molar-refractivity contribution in [1.29, 1.82) is 0 Å². The number of carbonyl (C=O) groups excluding carboxylic acids is 1. The molecular formula is C19H23N3O2S. The van der Waals surface area contributed by atoms with Crippen LogP contribution in [0, 0.1) is 0 Å². The molecule has 25 heavy (non-hydrogen) atoms. The number of nitrogens with zero attached hydrogens (tertiary/aromatic N) is 3. The van der Waals surface area contributed by atoms with Gasteiger partial charge < -0.3 is 14.5 Å². The minimum absolute atomic E-state index is 0.102. The lowest BCUT2D eigenvalue weighted by molar-refractivity contribution is -0.130. The molecule has 1 atom stereocenters. The van der Waals surface area contributed by atoms with Gasteiger partial charge in [0.1, 0.15) is 11.6 Å². The smallest absolute Gasteiger partial charge is 0.235 e. The normalized spacial score (nSPS) is 15.8. The first-order valence-corrected chi connectivity index (χ1v) is 9.31. The largest absolute Gasteiger partial charge is 0.497 e. The molecule has 0 saturated carbocycles. The maximum Gasteiger partial charge on any atom is 0.235 e. The molecule has 1 aromatic carbocycles. The van der Waals surface area contributed by atoms with Crippen molar-refractivity contribution < 1.29 is 9.53 Å². The lowest BCUT2D eigenvalue weighted by Crippen LogP contribution is -2.50. The number of amides is 1. The van der Waals surface area contributed by atoms with Gasteiger partial charge in [0.25, 0.3) is 0 Å². The van der Waals surface area contributed by atoms with Gasteiger partial charge in [0.15, 0.2) is 0 Å². The molecule has 1 aliphatic rings. The van der Waals surface area contributed by atoms with E-state index < -0.39 is 0 Å². The van der Waals surface area contributed by atoms with E-state index in [-0.39, 0.29) is 11.2 Å². The summed E-state index contributed by atoms with van der Waals surface area (Å²) in [7, 11) is 1.65. The fourth-order valence-electron chi connectivity index (χ4n) is 2.86. The maximum absolute atomic E-state index is 12.7. The van der Waals surface area contributed by atoms with Crippen LogP contribution in [0.1, 0.15) is 6.92 Å². The van der Waals surface area contributed by atoms with Crippen LogP contribution in [0.25, 0.3) is 0 Å². The first kappa shape index (κ1) is 17.6. The van der Waals surface area contributed by atoms with Crippen molar-refractivity contribution in [1.82, 2.24) is 9.88 Å². The average molecular weight is 357 g/mol. The Balaban J connectivity index is 1.52. The number of aromatic nitrogens is 1. The van der Waals surface area contributed by atoms with Crippen molar-refractivity contribution in [2.45, 2.75) is 17.1 Å². The monoisotopic (exact) mass is 357 g/mol. The van der Waals surface area contributed by atoms with E-state index in [1.807, 2.05) is 54.3 Å². The maximum atomic E-state index is 12.7. The van der Waals surface area contributed by atoms with E-state index >= 15 is 0 Å². The summed E-state index contributed by atoms with van der Waals surface area (Å²) in [4.78, 5) is 22.4. The minimum Gasteiger partial charge on any atom is -0.497 e. The molecule has 1 aromatic heterocycles. The zero-order chi connectivity index (χ0) is 17.6. The van der Waals surface area contributed by atoms with Crippen LogP contribution >= 0.6 is 11.8 Å². The van der Waals surface area contributed by atoms with Gasteiger partial charge in [-0.25, -0.2) is 4.98 Å². The lowest BCUT2D eigenvalue weighted by atomic mass is 10.2. The third-order valence-corrected chi connectivity index (χ3v) is 5.38. The third-order valence-electron chi connectivity index (χ3n) is 4.28. The predicted octanol–water partition coefficient (Wildman–Crippen LogP) is 2.92. The number of hydrogen-bond donors (Lipinski definition) is 0. The molecule has 1 unspecified atom stereocenters. The zero-order valence-corrected chi connectivity index (χ0v) is 15.4. The first-order chi connectivity index (χ1) is 12.2. The predicted molar refractivity (Wildman–Crippen MR) is 101 cm³/mol. The summed E-state index contributed by atoms with van der Waals surface area (Å²) in [5, 5.41) is -0.102. The van der Waals surface area contributed by atoms with E-state index in [1.54, 1.807) is 25.1 Å². The molecule has 1 fully saturated rings. The molecule has 0 aliphatic carbocycles. The average Bonchev–Trinajstić information content (AvgIpc) is 2.69. The Labute approximate surface area is 153 Å². The van der Waals surface area contributed by atoms with Crippen LogP contribution in [0.4, 0.5) is 5.82 Å². The number of anilines is 1. The summed E-state index contributed by atoms with van der Waals surface area (Å²) in [6.45, 7) is 5.10. The fraction of sp³-hybridized carbons (Fsp3) is 0.368. The van der Waals surface area contributed by atoms with Gasteiger partial charge in [0.05, 0.1) is 12.4 Å². The fourth-order valence-corrected chi connectivity index (χ4v) is 3.81. The van der Waals surface area contributed by atoms with Crippen molar-refractivity contribution in [2.75, 3.05) is 38.2 Å². The topological polar surface area (TPSA) is 45.7 Å². The van der Waals surface area contributed by atoms with Crippen LogP contribution in [0.5, 0.6) is 5.75 Å². The number of rotatable bonds is 5. The molecule has 1 amide bonds. The summed E-state index contributed by atoms with van der Waals surface area (Å²) in [6.07, 6.45) is 1.81. The number of piperazine rings is 1. The van der Waals surface area contributed by atoms with Crippen molar-refractivity contribution in [2.24, 2.45) is 0 Å². The summed E-state index contributed by atoms with van der Waals surface area (Å²) < 4.78 is 5.17. The van der Waals surface area contributed by atoms with Crippen LogP contribution < -0.4 is 9.64 Å². The van der Waals surface area contributed by atoms with Crippen LogP contribution in [-0.4, -0.2) is 54.3 Å². The highest BCUT2D eigenvalue weighted by molar-refractivity contribution is 8.00. The van der Waals surface area contributed by atoms with Crippen LogP contribution in [0.15, 0.2) is 53.6 Å². The third kappa shape index (κ3) is 4.45. The highest BCUT2D eigenvalue weighted by Gasteiger charge is 2.25. The molecule has 0 radical (unpaired) electrons. The van der Waals surface area contributed by atoms with E-state index in [2.05, 4.69) is 9.88 Å². The molecule has 3 rings (SSSR count). The summed E-state index contributed by atoms with van der Waals surface area (Å²) in [5.41, 5.74) is 0. The number of thioether (sulfide) groups is 1. The molecule has 132 valence electrons. The highest BCUT2D eigenvalue weighted by Crippen LogP contribution is 2.27. The standard InChI is InChI=1S/C19H23N3O2S/c1-15(25-17-8-6-16(24-2)7-9-17)19(23)22-13-11-21(12-14-22)18-5-3-4-10-20-18/h3-10,15H,11-14H2,1-2H3. The molecule has 0 N–H and O–H groups in total. The second kappa shape index (κ2) is 8.25. The quantitative estimate of drug-likeness (QED) is 0.770. The van der Waals surface area contributed by atoms with Gasteiger partial charge in [0, 0.05) is 37.3 Å². The number of hydrogen-bond acceptors (Lipinski definition) is 5. The number of ether oxygens (including phenoxy) is 1. The molecule has 6 heteroatoms. The Bertz CT molecular complexity index is 686. The Hall–Kier alpha value is -2.21. The Morgan fingerprint density at radius 2 is 1.84 bits per heavy atom. The van der Waals surface area contributed by atoms with Crippen LogP contribution in [-0.2, 0) is 4.79 Å². The van der Waals surface area contributed by atoms with Gasteiger partial charge in [0.2, 0.25) is 5.91 Å². The van der Waals surface area contributed by atoms with Crippen molar-refractivity contribution in [3.8, 4) is 5.75 Å².